The van der Waals surface area contributed by atoms with Crippen molar-refractivity contribution in [2.75, 3.05) is 57.1 Å². The van der Waals surface area contributed by atoms with Crippen molar-refractivity contribution in [2.45, 2.75) is 88.7 Å². The fraction of sp³-hybridized carbons (Fsp3) is 0.629. The van der Waals surface area contributed by atoms with Crippen LogP contribution in [0.3, 0.4) is 0 Å². The number of carbonyl (C=O) groups is 1. The Kier molecular flexibility index (Phi) is 8.12. The molecule has 1 aromatic carbocycles. The predicted octanol–water partition coefficient (Wildman–Crippen LogP) is 3.89. The van der Waals surface area contributed by atoms with Crippen LogP contribution < -0.4 is 20.9 Å². The molecule has 0 radical (unpaired) electrons. The lowest BCUT2D eigenvalue weighted by Gasteiger charge is -2.51. The van der Waals surface area contributed by atoms with Gasteiger partial charge < -0.3 is 30.3 Å². The summed E-state index contributed by atoms with van der Waals surface area (Å²) in [6, 6.07) is 8.73. The molecule has 2 saturated heterocycles. The molecule has 0 unspecified atom stereocenters. The zero-order valence-corrected chi connectivity index (χ0v) is 27.3. The van der Waals surface area contributed by atoms with E-state index < -0.39 is 0 Å². The maximum Gasteiger partial charge on any atom is 0.271 e. The van der Waals surface area contributed by atoms with Crippen LogP contribution in [0.15, 0.2) is 30.5 Å². The number of likely N-dealkylation sites (tertiary alicyclic amines) is 1. The summed E-state index contributed by atoms with van der Waals surface area (Å²) in [5, 5.41) is 14.9. The number of nitrogens with zero attached hydrogens (tertiary/aromatic N) is 5. The minimum atomic E-state index is -0.178. The molecule has 11 nitrogen and oxygen atoms in total. The molecular weight excluding hydrogens is 580 g/mol. The number of amides is 1. The molecule has 4 fully saturated rings. The van der Waals surface area contributed by atoms with E-state index in [0.29, 0.717) is 29.0 Å². The standard InChI is InChI=1S/C35H48N8O3/c1-36-28-18-32(40-43-30(21-38-33(28)43)34(44)39-27-6-7-31(27)45-2)42-17-10-26-23(4-3-5-29(26)42)22-41-15-8-24(9-16-41)46-25-19-35(20-25)11-13-37-14-12-35/h3-5,18,21,24-25,27,31,36-37H,6-17,19-20,22H2,1-2H3,(H,39,44)/t27-,31-/m1/s1. The third-order valence-corrected chi connectivity index (χ3v) is 11.5. The number of fused-ring (bicyclic) bond motifs is 2. The quantitative estimate of drug-likeness (QED) is 0.325. The first kappa shape index (κ1) is 30.1. The molecule has 3 aliphatic heterocycles. The molecule has 8 rings (SSSR count). The molecule has 2 aromatic heterocycles. The van der Waals surface area contributed by atoms with Crippen molar-refractivity contribution >= 4 is 28.7 Å². The third kappa shape index (κ3) is 5.55. The molecule has 11 heteroatoms. The highest BCUT2D eigenvalue weighted by molar-refractivity contribution is 5.94. The monoisotopic (exact) mass is 628 g/mol. The zero-order valence-electron chi connectivity index (χ0n) is 27.3. The van der Waals surface area contributed by atoms with Gasteiger partial charge in [-0.3, -0.25) is 9.69 Å². The molecule has 2 saturated carbocycles. The molecule has 46 heavy (non-hydrogen) atoms. The summed E-state index contributed by atoms with van der Waals surface area (Å²) in [5.74, 6) is 0.626. The van der Waals surface area contributed by atoms with Crippen molar-refractivity contribution in [3.63, 3.8) is 0 Å². The van der Waals surface area contributed by atoms with Crippen LogP contribution in [0.2, 0.25) is 0 Å². The van der Waals surface area contributed by atoms with Crippen LogP contribution in [-0.4, -0.2) is 96.6 Å². The lowest BCUT2D eigenvalue weighted by molar-refractivity contribution is -0.135. The van der Waals surface area contributed by atoms with Gasteiger partial charge in [-0.1, -0.05) is 12.1 Å². The molecule has 5 heterocycles. The first-order chi connectivity index (χ1) is 22.5. The summed E-state index contributed by atoms with van der Waals surface area (Å²) < 4.78 is 13.8. The minimum absolute atomic E-state index is 0.0201. The Labute approximate surface area is 271 Å². The van der Waals surface area contributed by atoms with Gasteiger partial charge >= 0.3 is 0 Å². The van der Waals surface area contributed by atoms with E-state index in [9.17, 15) is 4.79 Å². The van der Waals surface area contributed by atoms with Crippen molar-refractivity contribution in [3.8, 4) is 0 Å². The Morgan fingerprint density at radius 3 is 2.65 bits per heavy atom. The number of rotatable bonds is 9. The Hall–Kier alpha value is -3.25. The SMILES string of the molecule is CNc1cc(N2CCc3c(CN4CCC(OC5CC6(CCNCC6)C5)CC4)cccc32)nn2c(C(=O)N[C@@H]3CC[C@H]3OC)cnc12. The average molecular weight is 629 g/mol. The number of nitrogens with one attached hydrogen (secondary N) is 3. The summed E-state index contributed by atoms with van der Waals surface area (Å²) in [4.78, 5) is 22.7. The number of methoxy groups -OCH3 is 1. The van der Waals surface area contributed by atoms with Crippen molar-refractivity contribution < 1.29 is 14.3 Å². The number of benzene rings is 1. The van der Waals surface area contributed by atoms with Gasteiger partial charge in [0, 0.05) is 52.1 Å². The first-order valence-corrected chi connectivity index (χ1v) is 17.4. The molecule has 1 spiro atoms. The van der Waals surface area contributed by atoms with E-state index >= 15 is 0 Å². The third-order valence-electron chi connectivity index (χ3n) is 11.5. The molecule has 1 amide bonds. The topological polar surface area (TPSA) is 108 Å². The van der Waals surface area contributed by atoms with Crippen molar-refractivity contribution in [1.29, 1.82) is 0 Å². The van der Waals surface area contributed by atoms with Crippen LogP contribution in [0.4, 0.5) is 17.2 Å². The maximum absolute atomic E-state index is 13.3. The number of hydrogen-bond acceptors (Lipinski definition) is 9. The van der Waals surface area contributed by atoms with Gasteiger partial charge in [0.25, 0.3) is 5.91 Å². The van der Waals surface area contributed by atoms with Gasteiger partial charge in [-0.25, -0.2) is 9.50 Å². The van der Waals surface area contributed by atoms with E-state index in [1.807, 2.05) is 13.1 Å². The van der Waals surface area contributed by atoms with Crippen LogP contribution in [0, 0.1) is 5.41 Å². The van der Waals surface area contributed by atoms with Crippen molar-refractivity contribution in [2.24, 2.45) is 5.41 Å². The van der Waals surface area contributed by atoms with Crippen LogP contribution in [0.1, 0.15) is 73.0 Å². The molecule has 0 bridgehead atoms. The van der Waals surface area contributed by atoms with E-state index in [1.165, 1.54) is 55.6 Å². The second kappa shape index (κ2) is 12.4. The van der Waals surface area contributed by atoms with Crippen LogP contribution in [0.25, 0.3) is 5.65 Å². The molecular formula is C35H48N8O3. The van der Waals surface area contributed by atoms with Gasteiger partial charge in [0.05, 0.1) is 36.2 Å². The van der Waals surface area contributed by atoms with E-state index in [4.69, 9.17) is 14.6 Å². The summed E-state index contributed by atoms with van der Waals surface area (Å²) in [6.07, 6.45) is 12.8. The second-order valence-corrected chi connectivity index (χ2v) is 14.2. The summed E-state index contributed by atoms with van der Waals surface area (Å²) in [6.45, 7) is 6.33. The molecule has 3 N–H and O–H groups in total. The Bertz CT molecular complexity index is 1570. The number of anilines is 3. The van der Waals surface area contributed by atoms with Crippen LogP contribution in [0.5, 0.6) is 0 Å². The number of carbonyl (C=O) groups excluding carboxylic acids is 1. The van der Waals surface area contributed by atoms with E-state index in [2.05, 4.69) is 48.9 Å². The van der Waals surface area contributed by atoms with Gasteiger partial charge in [-0.15, -0.1) is 5.10 Å². The smallest absolute Gasteiger partial charge is 0.271 e. The number of piperidine rings is 2. The second-order valence-electron chi connectivity index (χ2n) is 14.2. The Morgan fingerprint density at radius 2 is 1.91 bits per heavy atom. The Morgan fingerprint density at radius 1 is 1.09 bits per heavy atom. The summed E-state index contributed by atoms with van der Waals surface area (Å²) >= 11 is 0. The van der Waals surface area contributed by atoms with E-state index in [0.717, 1.165) is 69.8 Å². The highest BCUT2D eigenvalue weighted by atomic mass is 16.5. The summed E-state index contributed by atoms with van der Waals surface area (Å²) in [7, 11) is 3.58. The van der Waals surface area contributed by atoms with Crippen LogP contribution >= 0.6 is 0 Å². The van der Waals surface area contributed by atoms with E-state index in [1.54, 1.807) is 17.8 Å². The minimum Gasteiger partial charge on any atom is -0.385 e. The van der Waals surface area contributed by atoms with Gasteiger partial charge in [0.2, 0.25) is 0 Å². The fourth-order valence-electron chi connectivity index (χ4n) is 8.56. The maximum atomic E-state index is 13.3. The average Bonchev–Trinajstić information content (AvgIpc) is 3.69. The lowest BCUT2D eigenvalue weighted by atomic mass is 9.61. The largest absolute Gasteiger partial charge is 0.385 e. The van der Waals surface area contributed by atoms with Crippen molar-refractivity contribution in [3.05, 3.63) is 47.3 Å². The number of hydrogen-bond donors (Lipinski definition) is 3. The first-order valence-electron chi connectivity index (χ1n) is 17.4. The fourth-order valence-corrected chi connectivity index (χ4v) is 8.56. The zero-order chi connectivity index (χ0) is 31.3. The highest BCUT2D eigenvalue weighted by Crippen LogP contribution is 2.49. The normalized spacial score (nSPS) is 25.0. The lowest BCUT2D eigenvalue weighted by Crippen LogP contribution is -2.51. The molecule has 3 aromatic rings. The number of imidazole rings is 1. The van der Waals surface area contributed by atoms with Crippen molar-refractivity contribution in [1.82, 2.24) is 30.1 Å². The highest BCUT2D eigenvalue weighted by Gasteiger charge is 2.46. The summed E-state index contributed by atoms with van der Waals surface area (Å²) in [5.41, 5.74) is 6.48. The van der Waals surface area contributed by atoms with Gasteiger partial charge in [-0.05, 0) is 93.5 Å². The van der Waals surface area contributed by atoms with E-state index in [-0.39, 0.29) is 18.1 Å². The molecule has 2 atom stereocenters. The molecule has 2 aliphatic carbocycles. The number of ether oxygens (including phenoxy) is 2. The predicted molar refractivity (Wildman–Crippen MR) is 178 cm³/mol. The van der Waals surface area contributed by atoms with Gasteiger partial charge in [0.1, 0.15) is 0 Å². The van der Waals surface area contributed by atoms with Gasteiger partial charge in [-0.2, -0.15) is 0 Å². The molecule has 246 valence electrons. The number of aromatic nitrogens is 3. The van der Waals surface area contributed by atoms with Crippen LogP contribution in [-0.2, 0) is 22.4 Å². The van der Waals surface area contributed by atoms with Gasteiger partial charge in [0.15, 0.2) is 17.2 Å². The Balaban J connectivity index is 0.934. The molecule has 5 aliphatic rings.